The predicted molar refractivity (Wildman–Crippen MR) is 159 cm³/mol. The maximum absolute atomic E-state index is 5.71. The van der Waals surface area contributed by atoms with E-state index in [4.69, 9.17) is 9.73 Å². The standard InChI is InChI=1S/C32H27IN2O/c1-3-36-29-17-15-28(16-18-29)35-31(24-10-6-4-7-11-24)21-26(32(35)25-12-8-5-9-13-25)22-34-27-14-19-30(33)23(2)20-27/h4-22H,3H2,1-2H3. The third-order valence-electron chi connectivity index (χ3n) is 6.05. The topological polar surface area (TPSA) is 26.5 Å². The normalized spacial score (nSPS) is 11.2. The monoisotopic (exact) mass is 582 g/mol. The zero-order chi connectivity index (χ0) is 24.9. The average Bonchev–Trinajstić information content (AvgIpc) is 3.30. The zero-order valence-corrected chi connectivity index (χ0v) is 22.5. The highest BCUT2D eigenvalue weighted by Crippen LogP contribution is 2.36. The number of aromatic nitrogens is 1. The van der Waals surface area contributed by atoms with Gasteiger partial charge in [-0.2, -0.15) is 0 Å². The molecule has 0 aliphatic rings. The lowest BCUT2D eigenvalue weighted by molar-refractivity contribution is 0.340. The minimum Gasteiger partial charge on any atom is -0.494 e. The molecule has 0 bridgehead atoms. The molecule has 0 unspecified atom stereocenters. The van der Waals surface area contributed by atoms with Crippen LogP contribution in [0, 0.1) is 10.5 Å². The lowest BCUT2D eigenvalue weighted by Gasteiger charge is -2.15. The number of hydrogen-bond donors (Lipinski definition) is 0. The Bertz CT molecular complexity index is 1490. The summed E-state index contributed by atoms with van der Waals surface area (Å²) < 4.78 is 9.27. The summed E-state index contributed by atoms with van der Waals surface area (Å²) in [5.41, 5.74) is 8.80. The summed E-state index contributed by atoms with van der Waals surface area (Å²) in [6, 6.07) is 37.9. The Morgan fingerprint density at radius 2 is 1.47 bits per heavy atom. The maximum atomic E-state index is 5.71. The van der Waals surface area contributed by atoms with Gasteiger partial charge < -0.3 is 9.30 Å². The van der Waals surface area contributed by atoms with Crippen LogP contribution >= 0.6 is 22.6 Å². The molecule has 4 aromatic carbocycles. The Morgan fingerprint density at radius 1 is 0.806 bits per heavy atom. The van der Waals surface area contributed by atoms with Crippen LogP contribution in [-0.2, 0) is 0 Å². The number of nitrogens with zero attached hydrogens (tertiary/aromatic N) is 2. The van der Waals surface area contributed by atoms with E-state index in [9.17, 15) is 0 Å². The van der Waals surface area contributed by atoms with Gasteiger partial charge >= 0.3 is 0 Å². The first-order chi connectivity index (χ1) is 17.6. The van der Waals surface area contributed by atoms with Crippen molar-refractivity contribution in [1.82, 2.24) is 4.57 Å². The minimum atomic E-state index is 0.645. The molecule has 0 radical (unpaired) electrons. The summed E-state index contributed by atoms with van der Waals surface area (Å²) in [5, 5.41) is 0. The van der Waals surface area contributed by atoms with E-state index in [1.54, 1.807) is 0 Å². The molecule has 5 aromatic rings. The molecule has 3 nitrogen and oxygen atoms in total. The van der Waals surface area contributed by atoms with E-state index in [0.29, 0.717) is 6.61 Å². The second-order valence-electron chi connectivity index (χ2n) is 8.52. The van der Waals surface area contributed by atoms with Crippen molar-refractivity contribution in [1.29, 1.82) is 0 Å². The van der Waals surface area contributed by atoms with Gasteiger partial charge in [0.25, 0.3) is 0 Å². The number of ether oxygens (including phenoxy) is 1. The quantitative estimate of drug-likeness (QED) is 0.139. The maximum Gasteiger partial charge on any atom is 0.119 e. The van der Waals surface area contributed by atoms with E-state index in [0.717, 1.165) is 45.2 Å². The van der Waals surface area contributed by atoms with Gasteiger partial charge in [0, 0.05) is 21.0 Å². The van der Waals surface area contributed by atoms with Crippen molar-refractivity contribution in [3.05, 3.63) is 124 Å². The molecular weight excluding hydrogens is 555 g/mol. The zero-order valence-electron chi connectivity index (χ0n) is 20.4. The van der Waals surface area contributed by atoms with Crippen LogP contribution in [0.3, 0.4) is 0 Å². The molecule has 0 N–H and O–H groups in total. The van der Waals surface area contributed by atoms with Crippen LogP contribution < -0.4 is 4.74 Å². The third-order valence-corrected chi connectivity index (χ3v) is 7.26. The third kappa shape index (κ3) is 5.14. The first-order valence-corrected chi connectivity index (χ1v) is 13.1. The molecule has 4 heteroatoms. The molecule has 0 fully saturated rings. The number of aryl methyl sites for hydroxylation is 1. The second kappa shape index (κ2) is 11.0. The van der Waals surface area contributed by atoms with Crippen molar-refractivity contribution in [3.8, 4) is 34.0 Å². The highest BCUT2D eigenvalue weighted by molar-refractivity contribution is 14.1. The van der Waals surface area contributed by atoms with Crippen molar-refractivity contribution in [2.75, 3.05) is 6.61 Å². The van der Waals surface area contributed by atoms with E-state index < -0.39 is 0 Å². The minimum absolute atomic E-state index is 0.645. The molecule has 0 amide bonds. The summed E-state index contributed by atoms with van der Waals surface area (Å²) in [5.74, 6) is 0.867. The number of rotatable bonds is 7. The van der Waals surface area contributed by atoms with Gasteiger partial charge in [-0.1, -0.05) is 60.7 Å². The van der Waals surface area contributed by atoms with Crippen molar-refractivity contribution in [2.45, 2.75) is 13.8 Å². The smallest absolute Gasteiger partial charge is 0.119 e. The van der Waals surface area contributed by atoms with Gasteiger partial charge in [0.15, 0.2) is 0 Å². The summed E-state index contributed by atoms with van der Waals surface area (Å²) in [7, 11) is 0. The number of hydrogen-bond acceptors (Lipinski definition) is 2. The van der Waals surface area contributed by atoms with Crippen LogP contribution in [0.1, 0.15) is 18.1 Å². The van der Waals surface area contributed by atoms with Crippen LogP contribution in [0.2, 0.25) is 0 Å². The van der Waals surface area contributed by atoms with Crippen LogP contribution in [0.4, 0.5) is 5.69 Å². The van der Waals surface area contributed by atoms with Crippen molar-refractivity contribution >= 4 is 34.5 Å². The molecule has 0 saturated carbocycles. The molecule has 0 aliphatic carbocycles. The van der Waals surface area contributed by atoms with Crippen LogP contribution in [0.15, 0.2) is 114 Å². The fourth-order valence-corrected chi connectivity index (χ4v) is 4.66. The van der Waals surface area contributed by atoms with Gasteiger partial charge in [-0.3, -0.25) is 4.99 Å². The Hall–Kier alpha value is -3.64. The van der Waals surface area contributed by atoms with E-state index in [2.05, 4.69) is 119 Å². The van der Waals surface area contributed by atoms with E-state index in [1.165, 1.54) is 9.13 Å². The van der Waals surface area contributed by atoms with Gasteiger partial charge in [0.1, 0.15) is 5.75 Å². The number of aliphatic imine (C=N–C) groups is 1. The molecule has 0 saturated heterocycles. The predicted octanol–water partition coefficient (Wildman–Crippen LogP) is 8.87. The molecule has 5 rings (SSSR count). The largest absolute Gasteiger partial charge is 0.494 e. The van der Waals surface area contributed by atoms with Gasteiger partial charge in [-0.05, 0) is 102 Å². The molecule has 0 aliphatic heterocycles. The average molecular weight is 582 g/mol. The summed E-state index contributed by atoms with van der Waals surface area (Å²) in [6.07, 6.45) is 1.99. The first kappa shape index (κ1) is 24.1. The van der Waals surface area contributed by atoms with Crippen LogP contribution in [0.5, 0.6) is 5.75 Å². The second-order valence-corrected chi connectivity index (χ2v) is 9.68. The first-order valence-electron chi connectivity index (χ1n) is 12.0. The fourth-order valence-electron chi connectivity index (χ4n) is 4.32. The summed E-state index contributed by atoms with van der Waals surface area (Å²) >= 11 is 2.36. The molecular formula is C32H27IN2O. The SMILES string of the molecule is CCOc1ccc(-n2c(-c3ccccc3)cc(C=Nc3ccc(I)c(C)c3)c2-c2ccccc2)cc1. The van der Waals surface area contributed by atoms with E-state index in [-0.39, 0.29) is 0 Å². The summed E-state index contributed by atoms with van der Waals surface area (Å²) in [6.45, 7) is 4.76. The summed E-state index contributed by atoms with van der Waals surface area (Å²) in [4.78, 5) is 4.88. The lowest BCUT2D eigenvalue weighted by atomic mass is 10.1. The van der Waals surface area contributed by atoms with Crippen molar-refractivity contribution in [3.63, 3.8) is 0 Å². The van der Waals surface area contributed by atoms with Crippen LogP contribution in [0.25, 0.3) is 28.2 Å². The number of halogens is 1. The van der Waals surface area contributed by atoms with Gasteiger partial charge in [0.2, 0.25) is 0 Å². The molecule has 1 heterocycles. The van der Waals surface area contributed by atoms with Crippen molar-refractivity contribution in [2.24, 2.45) is 4.99 Å². The van der Waals surface area contributed by atoms with Crippen molar-refractivity contribution < 1.29 is 4.74 Å². The molecule has 0 atom stereocenters. The fraction of sp³-hybridized carbons (Fsp3) is 0.0938. The Labute approximate surface area is 226 Å². The molecule has 36 heavy (non-hydrogen) atoms. The lowest BCUT2D eigenvalue weighted by Crippen LogP contribution is -2.01. The van der Waals surface area contributed by atoms with E-state index >= 15 is 0 Å². The van der Waals surface area contributed by atoms with Gasteiger partial charge in [0.05, 0.1) is 23.7 Å². The van der Waals surface area contributed by atoms with E-state index in [1.807, 2.05) is 37.4 Å². The Kier molecular flexibility index (Phi) is 7.33. The van der Waals surface area contributed by atoms with Gasteiger partial charge in [-0.25, -0.2) is 0 Å². The van der Waals surface area contributed by atoms with Crippen LogP contribution in [-0.4, -0.2) is 17.4 Å². The number of benzene rings is 4. The molecule has 0 spiro atoms. The highest BCUT2D eigenvalue weighted by atomic mass is 127. The molecule has 1 aromatic heterocycles. The molecule has 178 valence electrons. The van der Waals surface area contributed by atoms with Gasteiger partial charge in [-0.15, -0.1) is 0 Å². The Morgan fingerprint density at radius 3 is 2.11 bits per heavy atom. The Balaban J connectivity index is 1.73. The highest BCUT2D eigenvalue weighted by Gasteiger charge is 2.18.